The Morgan fingerprint density at radius 3 is 2.56 bits per heavy atom. The fourth-order valence-corrected chi connectivity index (χ4v) is 4.23. The maximum atomic E-state index is 12.7. The predicted octanol–water partition coefficient (Wildman–Crippen LogP) is 4.14. The molecule has 2 rings (SSSR count). The van der Waals surface area contributed by atoms with Crippen LogP contribution >= 0.6 is 30.3 Å². The molecule has 0 radical (unpaired) electrons. The SMILES string of the molecule is CCOC(=O)CC1CN(SI)CCN1Cc1ccc(C(F)(F)F)cc1. The molecule has 25 heavy (non-hydrogen) atoms. The normalized spacial score (nSPS) is 19.8. The molecule has 0 spiro atoms. The van der Waals surface area contributed by atoms with Gasteiger partial charge in [-0.05, 0) is 33.7 Å². The fraction of sp³-hybridized carbons (Fsp3) is 0.562. The lowest BCUT2D eigenvalue weighted by molar-refractivity contribution is -0.145. The lowest BCUT2D eigenvalue weighted by Crippen LogP contribution is -2.51. The molecular formula is C16H20F3IN2O2S. The molecule has 0 bridgehead atoms. The highest BCUT2D eigenvalue weighted by Gasteiger charge is 2.31. The van der Waals surface area contributed by atoms with Crippen molar-refractivity contribution in [1.29, 1.82) is 0 Å². The van der Waals surface area contributed by atoms with Gasteiger partial charge in [-0.2, -0.15) is 13.2 Å². The molecule has 0 aromatic heterocycles. The average molecular weight is 488 g/mol. The van der Waals surface area contributed by atoms with E-state index in [-0.39, 0.29) is 18.4 Å². The van der Waals surface area contributed by atoms with Gasteiger partial charge < -0.3 is 4.74 Å². The van der Waals surface area contributed by atoms with Crippen LogP contribution in [0.15, 0.2) is 24.3 Å². The van der Waals surface area contributed by atoms with Gasteiger partial charge in [0.15, 0.2) is 0 Å². The summed E-state index contributed by atoms with van der Waals surface area (Å²) in [7, 11) is 1.60. The van der Waals surface area contributed by atoms with E-state index in [0.29, 0.717) is 19.7 Å². The zero-order valence-electron chi connectivity index (χ0n) is 13.8. The number of halogens is 4. The summed E-state index contributed by atoms with van der Waals surface area (Å²) in [5.74, 6) is -0.245. The van der Waals surface area contributed by atoms with Crippen LogP contribution in [0.3, 0.4) is 0 Å². The number of carbonyl (C=O) groups excluding carboxylic acids is 1. The van der Waals surface area contributed by atoms with E-state index in [4.69, 9.17) is 4.74 Å². The quantitative estimate of drug-likeness (QED) is 0.342. The van der Waals surface area contributed by atoms with Crippen molar-refractivity contribution in [3.05, 3.63) is 35.4 Å². The zero-order valence-corrected chi connectivity index (χ0v) is 16.7. The van der Waals surface area contributed by atoms with Crippen LogP contribution in [0.2, 0.25) is 0 Å². The van der Waals surface area contributed by atoms with Gasteiger partial charge in [-0.15, -0.1) is 0 Å². The van der Waals surface area contributed by atoms with Crippen molar-refractivity contribution in [1.82, 2.24) is 9.21 Å². The Kier molecular flexibility index (Phi) is 7.84. The van der Waals surface area contributed by atoms with Crippen LogP contribution < -0.4 is 0 Å². The second-order valence-electron chi connectivity index (χ2n) is 5.79. The summed E-state index contributed by atoms with van der Waals surface area (Å²) in [4.78, 5) is 14.0. The number of alkyl halides is 3. The first-order chi connectivity index (χ1) is 11.8. The van der Waals surface area contributed by atoms with Crippen LogP contribution in [-0.2, 0) is 22.3 Å². The van der Waals surface area contributed by atoms with Gasteiger partial charge in [0.1, 0.15) is 0 Å². The average Bonchev–Trinajstić information content (AvgIpc) is 2.56. The summed E-state index contributed by atoms with van der Waals surface area (Å²) in [6, 6.07) is 5.20. The molecule has 4 nitrogen and oxygen atoms in total. The van der Waals surface area contributed by atoms with Crippen LogP contribution in [0, 0.1) is 0 Å². The summed E-state index contributed by atoms with van der Waals surface area (Å²) in [6.45, 7) is 4.94. The number of hydrogen-bond acceptors (Lipinski definition) is 5. The molecule has 1 aromatic carbocycles. The molecule has 140 valence electrons. The molecule has 1 fully saturated rings. The molecule has 9 heteroatoms. The summed E-state index contributed by atoms with van der Waals surface area (Å²) in [5.41, 5.74) is 0.155. The Morgan fingerprint density at radius 1 is 1.32 bits per heavy atom. The van der Waals surface area contributed by atoms with E-state index in [1.807, 2.05) is 0 Å². The van der Waals surface area contributed by atoms with Crippen LogP contribution in [-0.4, -0.2) is 47.5 Å². The van der Waals surface area contributed by atoms with Crippen molar-refractivity contribution < 1.29 is 22.7 Å². The number of esters is 1. The van der Waals surface area contributed by atoms with Gasteiger partial charge in [0.25, 0.3) is 0 Å². The molecule has 1 heterocycles. The molecule has 1 saturated heterocycles. The lowest BCUT2D eigenvalue weighted by atomic mass is 10.1. The number of rotatable bonds is 6. The first-order valence-electron chi connectivity index (χ1n) is 7.93. The molecule has 1 aromatic rings. The number of hydrogen-bond donors (Lipinski definition) is 0. The number of ether oxygens (including phenoxy) is 1. The van der Waals surface area contributed by atoms with Gasteiger partial charge in [-0.25, -0.2) is 4.31 Å². The van der Waals surface area contributed by atoms with Gasteiger partial charge >= 0.3 is 12.1 Å². The fourth-order valence-electron chi connectivity index (χ4n) is 2.77. The van der Waals surface area contributed by atoms with Gasteiger partial charge in [-0.1, -0.05) is 12.1 Å². The van der Waals surface area contributed by atoms with E-state index in [0.717, 1.165) is 30.8 Å². The summed E-state index contributed by atoms with van der Waals surface area (Å²) in [5, 5.41) is 0. The lowest BCUT2D eigenvalue weighted by Gasteiger charge is -2.39. The van der Waals surface area contributed by atoms with Crippen LogP contribution in [0.25, 0.3) is 0 Å². The van der Waals surface area contributed by atoms with Crippen molar-refractivity contribution in [2.45, 2.75) is 32.1 Å². The minimum Gasteiger partial charge on any atom is -0.466 e. The smallest absolute Gasteiger partial charge is 0.416 e. The molecule has 0 saturated carbocycles. The Bertz CT molecular complexity index is 571. The Morgan fingerprint density at radius 2 is 2.00 bits per heavy atom. The third kappa shape index (κ3) is 6.30. The topological polar surface area (TPSA) is 32.8 Å². The van der Waals surface area contributed by atoms with Crippen molar-refractivity contribution >= 4 is 36.3 Å². The number of benzene rings is 1. The Labute approximate surface area is 161 Å². The van der Waals surface area contributed by atoms with Crippen molar-refractivity contribution in [2.24, 2.45) is 0 Å². The molecule has 1 aliphatic rings. The molecule has 0 amide bonds. The molecule has 1 atom stereocenters. The van der Waals surface area contributed by atoms with Crippen molar-refractivity contribution in [2.75, 3.05) is 26.2 Å². The van der Waals surface area contributed by atoms with Gasteiger partial charge in [0, 0.05) is 53.4 Å². The highest BCUT2D eigenvalue weighted by atomic mass is 127. The third-order valence-corrected chi connectivity index (χ3v) is 6.24. The first kappa shape index (κ1) is 20.8. The van der Waals surface area contributed by atoms with E-state index in [9.17, 15) is 18.0 Å². The maximum absolute atomic E-state index is 12.7. The van der Waals surface area contributed by atoms with Crippen molar-refractivity contribution in [3.8, 4) is 0 Å². The van der Waals surface area contributed by atoms with E-state index in [2.05, 4.69) is 30.4 Å². The maximum Gasteiger partial charge on any atom is 0.416 e. The van der Waals surface area contributed by atoms with Crippen LogP contribution in [0.4, 0.5) is 13.2 Å². The van der Waals surface area contributed by atoms with Crippen molar-refractivity contribution in [3.63, 3.8) is 0 Å². The second-order valence-corrected chi connectivity index (χ2v) is 7.62. The summed E-state index contributed by atoms with van der Waals surface area (Å²) in [6.07, 6.45) is -4.05. The first-order valence-corrected chi connectivity index (χ1v) is 11.2. The Balaban J connectivity index is 2.05. The molecule has 0 aliphatic carbocycles. The van der Waals surface area contributed by atoms with Gasteiger partial charge in [0.05, 0.1) is 18.6 Å². The summed E-state index contributed by atoms with van der Waals surface area (Å²) >= 11 is 2.21. The van der Waals surface area contributed by atoms with E-state index in [1.165, 1.54) is 12.1 Å². The van der Waals surface area contributed by atoms with E-state index >= 15 is 0 Å². The zero-order chi connectivity index (χ0) is 18.4. The van der Waals surface area contributed by atoms with Gasteiger partial charge in [-0.3, -0.25) is 9.69 Å². The molecule has 1 aliphatic heterocycles. The van der Waals surface area contributed by atoms with Gasteiger partial charge in [0.2, 0.25) is 0 Å². The highest BCUT2D eigenvalue weighted by molar-refractivity contribution is 14.2. The molecule has 0 N–H and O–H groups in total. The van der Waals surface area contributed by atoms with Crippen LogP contribution in [0.1, 0.15) is 24.5 Å². The number of piperazine rings is 1. The molecular weight excluding hydrogens is 468 g/mol. The Hall–Kier alpha value is -0.520. The predicted molar refractivity (Wildman–Crippen MR) is 100 cm³/mol. The molecule has 1 unspecified atom stereocenters. The van der Waals surface area contributed by atoms with E-state index < -0.39 is 11.7 Å². The number of carbonyl (C=O) groups is 1. The minimum absolute atomic E-state index is 0.0163. The largest absolute Gasteiger partial charge is 0.466 e. The minimum atomic E-state index is -4.33. The monoisotopic (exact) mass is 488 g/mol. The van der Waals surface area contributed by atoms with E-state index in [1.54, 1.807) is 16.0 Å². The standard InChI is InChI=1S/C16H20F3IN2O2S/c1-2-24-15(23)9-14-11-22(25-20)8-7-21(14)10-12-3-5-13(6-4-12)16(17,18)19/h3-6,14H,2,7-11H2,1H3. The third-order valence-electron chi connectivity index (χ3n) is 4.04. The summed E-state index contributed by atoms with van der Waals surface area (Å²) < 4.78 is 45.2. The highest BCUT2D eigenvalue weighted by Crippen LogP contribution is 2.30. The van der Waals surface area contributed by atoms with Crippen LogP contribution in [0.5, 0.6) is 0 Å². The second kappa shape index (κ2) is 9.43. The number of nitrogens with zero attached hydrogens (tertiary/aromatic N) is 2.